The monoisotopic (exact) mass is 463 g/mol. The van der Waals surface area contributed by atoms with Crippen molar-refractivity contribution >= 4 is 32.2 Å². The summed E-state index contributed by atoms with van der Waals surface area (Å²) in [7, 11) is 2.71. The predicted molar refractivity (Wildman–Crippen MR) is 119 cm³/mol. The first-order valence-corrected chi connectivity index (χ1v) is 11.0. The second kappa shape index (κ2) is 10.4. The number of nitrogens with zero attached hydrogens (tertiary/aromatic N) is 2. The topological polar surface area (TPSA) is 44.7 Å². The molecular weight excluding hydrogens is 434 g/mol. The molecule has 1 saturated heterocycles. The Balaban J connectivity index is 1.78. The summed E-state index contributed by atoms with van der Waals surface area (Å²) in [6, 6.07) is 2.91. The van der Waals surface area contributed by atoms with Crippen molar-refractivity contribution in [2.24, 2.45) is 16.3 Å². The van der Waals surface area contributed by atoms with Gasteiger partial charge in [0.15, 0.2) is 0 Å². The molecule has 1 unspecified atom stereocenters. The van der Waals surface area contributed by atoms with E-state index in [1.54, 1.807) is 0 Å². The number of halogens is 4. The summed E-state index contributed by atoms with van der Waals surface area (Å²) in [6.45, 7) is 10.3. The van der Waals surface area contributed by atoms with Crippen LogP contribution in [0.3, 0.4) is 0 Å². The van der Waals surface area contributed by atoms with Crippen molar-refractivity contribution in [2.75, 3.05) is 32.7 Å². The van der Waals surface area contributed by atoms with Gasteiger partial charge in [0.2, 0.25) is 0 Å². The van der Waals surface area contributed by atoms with Crippen LogP contribution >= 0.6 is 20.8 Å². The van der Waals surface area contributed by atoms with Crippen molar-refractivity contribution in [1.82, 2.24) is 10.2 Å². The standard InChI is InChI=1S/C21H30ClF3N3OP/c1-20(2,3)19(30)26-6-9-28-7-4-14(5-8-28)13-27-18(29)15-10-16(21(23,24)25)12-17(22)11-15/h10-12,14H,4-9,13,30H2,1-3H3,(H,27,29). The van der Waals surface area contributed by atoms with Gasteiger partial charge in [-0.2, -0.15) is 13.2 Å². The van der Waals surface area contributed by atoms with Gasteiger partial charge in [-0.05, 0) is 50.0 Å². The highest BCUT2D eigenvalue weighted by atomic mass is 35.5. The largest absolute Gasteiger partial charge is 0.416 e. The molecule has 2 rings (SSSR count). The van der Waals surface area contributed by atoms with E-state index in [-0.39, 0.29) is 16.0 Å². The lowest BCUT2D eigenvalue weighted by Gasteiger charge is -2.31. The fourth-order valence-corrected chi connectivity index (χ4v) is 3.55. The maximum absolute atomic E-state index is 12.9. The molecule has 1 heterocycles. The lowest BCUT2D eigenvalue weighted by Crippen LogP contribution is -2.39. The number of benzene rings is 1. The van der Waals surface area contributed by atoms with Crippen LogP contribution in [0.15, 0.2) is 23.2 Å². The Labute approximate surface area is 183 Å². The second-order valence-corrected chi connectivity index (χ2v) is 9.72. The molecule has 1 aliphatic rings. The molecule has 1 fully saturated rings. The summed E-state index contributed by atoms with van der Waals surface area (Å²) in [5.41, 5.74) is 0.128. The van der Waals surface area contributed by atoms with Crippen LogP contribution in [0.5, 0.6) is 0 Å². The molecule has 0 bridgehead atoms. The molecule has 0 saturated carbocycles. The van der Waals surface area contributed by atoms with E-state index in [0.717, 1.165) is 56.6 Å². The number of amides is 1. The Morgan fingerprint density at radius 3 is 2.43 bits per heavy atom. The Bertz CT molecular complexity index is 770. The predicted octanol–water partition coefficient (Wildman–Crippen LogP) is 5.12. The average Bonchev–Trinajstić information content (AvgIpc) is 2.65. The molecule has 30 heavy (non-hydrogen) atoms. The van der Waals surface area contributed by atoms with Crippen molar-refractivity contribution in [2.45, 2.75) is 39.8 Å². The third-order valence-corrected chi connectivity index (χ3v) is 6.48. The Morgan fingerprint density at radius 1 is 1.23 bits per heavy atom. The zero-order valence-electron chi connectivity index (χ0n) is 17.7. The summed E-state index contributed by atoms with van der Waals surface area (Å²) in [5.74, 6) is -0.225. The summed E-state index contributed by atoms with van der Waals surface area (Å²) in [5, 5.41) is 2.65. The molecule has 0 radical (unpaired) electrons. The van der Waals surface area contributed by atoms with Gasteiger partial charge in [0.05, 0.1) is 12.1 Å². The van der Waals surface area contributed by atoms with Crippen LogP contribution in [0.25, 0.3) is 0 Å². The van der Waals surface area contributed by atoms with Crippen molar-refractivity contribution in [3.63, 3.8) is 0 Å². The number of hydrogen-bond acceptors (Lipinski definition) is 3. The number of nitrogens with one attached hydrogen (secondary N) is 1. The van der Waals surface area contributed by atoms with Crippen LogP contribution in [0, 0.1) is 11.3 Å². The molecule has 1 atom stereocenters. The van der Waals surface area contributed by atoms with Gasteiger partial charge in [-0.3, -0.25) is 9.79 Å². The number of carbonyl (C=O) groups excluding carboxylic acids is 1. The number of piperidine rings is 1. The van der Waals surface area contributed by atoms with E-state index in [1.807, 2.05) is 0 Å². The number of likely N-dealkylation sites (tertiary alicyclic amines) is 1. The minimum atomic E-state index is -4.54. The van der Waals surface area contributed by atoms with Gasteiger partial charge in [-0.1, -0.05) is 41.6 Å². The van der Waals surface area contributed by atoms with Gasteiger partial charge in [0.1, 0.15) is 0 Å². The zero-order chi connectivity index (χ0) is 22.5. The van der Waals surface area contributed by atoms with Gasteiger partial charge in [-0.15, -0.1) is 0 Å². The van der Waals surface area contributed by atoms with E-state index in [1.165, 1.54) is 6.07 Å². The fraction of sp³-hybridized carbons (Fsp3) is 0.619. The minimum absolute atomic E-state index is 0.0553. The quantitative estimate of drug-likeness (QED) is 0.470. The second-order valence-electron chi connectivity index (χ2n) is 8.74. The number of hydrogen-bond donors (Lipinski definition) is 1. The molecule has 0 spiro atoms. The van der Waals surface area contributed by atoms with Crippen LogP contribution in [-0.2, 0) is 6.18 Å². The van der Waals surface area contributed by atoms with Crippen molar-refractivity contribution in [3.8, 4) is 0 Å². The van der Waals surface area contributed by atoms with Crippen molar-refractivity contribution < 1.29 is 18.0 Å². The van der Waals surface area contributed by atoms with E-state index in [4.69, 9.17) is 11.6 Å². The van der Waals surface area contributed by atoms with Gasteiger partial charge in [0, 0.05) is 34.5 Å². The SMILES string of the molecule is CC(C)(C)C(P)=NCCN1CCC(CNC(=O)c2cc(Cl)cc(C(F)(F)F)c2)CC1. The molecular formula is C21H30ClF3N3OP. The summed E-state index contributed by atoms with van der Waals surface area (Å²) in [6.07, 6.45) is -2.68. The minimum Gasteiger partial charge on any atom is -0.352 e. The molecule has 4 nitrogen and oxygen atoms in total. The van der Waals surface area contributed by atoms with Crippen molar-refractivity contribution in [3.05, 3.63) is 34.3 Å². The molecule has 0 aliphatic carbocycles. The summed E-state index contributed by atoms with van der Waals surface area (Å²) in [4.78, 5) is 19.3. The molecule has 1 aromatic carbocycles. The lowest BCUT2D eigenvalue weighted by molar-refractivity contribution is -0.137. The van der Waals surface area contributed by atoms with Crippen LogP contribution in [0.2, 0.25) is 5.02 Å². The maximum atomic E-state index is 12.9. The molecule has 168 valence electrons. The zero-order valence-corrected chi connectivity index (χ0v) is 19.6. The number of rotatable bonds is 6. The van der Waals surface area contributed by atoms with Gasteiger partial charge in [-0.25, -0.2) is 0 Å². The first kappa shape index (κ1) is 25.1. The third-order valence-electron chi connectivity index (χ3n) is 5.21. The first-order valence-electron chi connectivity index (χ1n) is 10.0. The lowest BCUT2D eigenvalue weighted by atomic mass is 9.96. The van der Waals surface area contributed by atoms with E-state index in [9.17, 15) is 18.0 Å². The summed E-state index contributed by atoms with van der Waals surface area (Å²) >= 11 is 5.75. The molecule has 0 aromatic heterocycles. The van der Waals surface area contributed by atoms with Crippen LogP contribution in [-0.4, -0.2) is 49.0 Å². The van der Waals surface area contributed by atoms with E-state index in [2.05, 4.69) is 45.2 Å². The van der Waals surface area contributed by atoms with Gasteiger partial charge >= 0.3 is 6.18 Å². The third kappa shape index (κ3) is 7.82. The first-order chi connectivity index (χ1) is 13.9. The highest BCUT2D eigenvalue weighted by Crippen LogP contribution is 2.32. The smallest absolute Gasteiger partial charge is 0.352 e. The van der Waals surface area contributed by atoms with Crippen LogP contribution in [0.4, 0.5) is 13.2 Å². The Hall–Kier alpha value is -1.17. The van der Waals surface area contributed by atoms with Crippen molar-refractivity contribution in [1.29, 1.82) is 0 Å². The van der Waals surface area contributed by atoms with Gasteiger partial charge in [0.25, 0.3) is 5.91 Å². The van der Waals surface area contributed by atoms with Gasteiger partial charge < -0.3 is 10.2 Å². The van der Waals surface area contributed by atoms with E-state index < -0.39 is 17.6 Å². The molecule has 1 aromatic rings. The fourth-order valence-electron chi connectivity index (χ4n) is 3.19. The van der Waals surface area contributed by atoms with E-state index in [0.29, 0.717) is 12.5 Å². The van der Waals surface area contributed by atoms with E-state index >= 15 is 0 Å². The molecule has 1 N–H and O–H groups in total. The molecule has 1 amide bonds. The number of alkyl halides is 3. The number of carbonyl (C=O) groups is 1. The highest BCUT2D eigenvalue weighted by Gasteiger charge is 2.31. The van der Waals surface area contributed by atoms with Crippen LogP contribution < -0.4 is 5.32 Å². The average molecular weight is 464 g/mol. The molecule has 1 aliphatic heterocycles. The maximum Gasteiger partial charge on any atom is 0.416 e. The van der Waals surface area contributed by atoms with Crippen LogP contribution in [0.1, 0.15) is 49.5 Å². The summed E-state index contributed by atoms with van der Waals surface area (Å²) < 4.78 is 38.7. The number of aliphatic imine (C=N–C) groups is 1. The molecule has 9 heteroatoms. The Morgan fingerprint density at radius 2 is 1.87 bits per heavy atom. The normalized spacial score (nSPS) is 17.3. The highest BCUT2D eigenvalue weighted by molar-refractivity contribution is 7.41. The Kier molecular flexibility index (Phi) is 8.72.